The molecule has 0 saturated carbocycles. The van der Waals surface area contributed by atoms with Crippen molar-refractivity contribution in [1.82, 2.24) is 10.2 Å². The van der Waals surface area contributed by atoms with Crippen LogP contribution in [0.15, 0.2) is 30.3 Å². The Labute approximate surface area is 79.6 Å². The predicted molar refractivity (Wildman–Crippen MR) is 53.7 cm³/mol. The third kappa shape index (κ3) is 2.08. The molecule has 1 aliphatic rings. The van der Waals surface area contributed by atoms with Crippen LogP contribution in [-0.2, 0) is 0 Å². The van der Waals surface area contributed by atoms with Gasteiger partial charge in [-0.3, -0.25) is 0 Å². The molecule has 1 heterocycles. The molecular weight excluding hydrogens is 160 g/mol. The topological polar surface area (TPSA) is 17.3 Å². The van der Waals surface area contributed by atoms with E-state index in [0.29, 0.717) is 6.04 Å². The van der Waals surface area contributed by atoms with Gasteiger partial charge in [0.2, 0.25) is 0 Å². The molecule has 1 aliphatic heterocycles. The summed E-state index contributed by atoms with van der Waals surface area (Å²) in [5.41, 5.74) is 1.34. The van der Waals surface area contributed by atoms with Crippen molar-refractivity contribution in [1.29, 1.82) is 0 Å². The van der Waals surface area contributed by atoms with Gasteiger partial charge >= 0.3 is 0 Å². The summed E-state index contributed by atoms with van der Waals surface area (Å²) in [5, 5.41) is 4.61. The van der Waals surface area contributed by atoms with Gasteiger partial charge in [-0.15, -0.1) is 0 Å². The van der Waals surface area contributed by atoms with Crippen LogP contribution in [0.2, 0.25) is 0 Å². The van der Waals surface area contributed by atoms with Gasteiger partial charge in [-0.2, -0.15) is 0 Å². The molecule has 0 N–H and O–H groups in total. The van der Waals surface area contributed by atoms with Gasteiger partial charge in [-0.25, -0.2) is 5.32 Å². The molecule has 0 aromatic heterocycles. The van der Waals surface area contributed by atoms with E-state index in [9.17, 15) is 0 Å². The van der Waals surface area contributed by atoms with Crippen LogP contribution >= 0.6 is 0 Å². The summed E-state index contributed by atoms with van der Waals surface area (Å²) in [4.78, 5) is 2.34. The number of rotatable bonds is 1. The summed E-state index contributed by atoms with van der Waals surface area (Å²) in [6.07, 6.45) is 0. The quantitative estimate of drug-likeness (QED) is 0.628. The molecule has 1 fully saturated rings. The van der Waals surface area contributed by atoms with E-state index in [0.717, 1.165) is 19.6 Å². The van der Waals surface area contributed by atoms with Crippen molar-refractivity contribution in [3.05, 3.63) is 35.9 Å². The first-order chi connectivity index (χ1) is 6.36. The number of piperazine rings is 1. The summed E-state index contributed by atoms with van der Waals surface area (Å²) in [5.74, 6) is 0. The first-order valence-electron chi connectivity index (χ1n) is 4.76. The minimum Gasteiger partial charge on any atom is -0.303 e. The minimum atomic E-state index is 0.389. The Morgan fingerprint density at radius 1 is 1.31 bits per heavy atom. The Hall–Kier alpha value is -0.860. The zero-order valence-electron chi connectivity index (χ0n) is 7.98. The van der Waals surface area contributed by atoms with E-state index in [4.69, 9.17) is 0 Å². The monoisotopic (exact) mass is 175 g/mol. The van der Waals surface area contributed by atoms with Gasteiger partial charge in [-0.05, 0) is 12.6 Å². The van der Waals surface area contributed by atoms with E-state index >= 15 is 0 Å². The predicted octanol–water partition coefficient (Wildman–Crippen LogP) is 1.28. The van der Waals surface area contributed by atoms with Gasteiger partial charge in [0.25, 0.3) is 0 Å². The lowest BCUT2D eigenvalue weighted by molar-refractivity contribution is 0.237. The molecule has 1 saturated heterocycles. The van der Waals surface area contributed by atoms with Gasteiger partial charge in [-0.1, -0.05) is 30.3 Å². The van der Waals surface area contributed by atoms with Gasteiger partial charge < -0.3 is 4.90 Å². The fourth-order valence-corrected chi connectivity index (χ4v) is 1.71. The van der Waals surface area contributed by atoms with Crippen LogP contribution in [0.3, 0.4) is 0 Å². The molecule has 2 nitrogen and oxygen atoms in total. The second-order valence-corrected chi connectivity index (χ2v) is 3.59. The standard InChI is InChI=1S/C11H15N2/c1-13-8-7-12-11(9-13)10-5-3-2-4-6-10/h2-6,11H,7-9H2,1H3/t11-/m1/s1. The van der Waals surface area contributed by atoms with Crippen LogP contribution in [0.25, 0.3) is 0 Å². The summed E-state index contributed by atoms with van der Waals surface area (Å²) in [6, 6.07) is 10.9. The molecule has 1 radical (unpaired) electrons. The smallest absolute Gasteiger partial charge is 0.0623 e. The zero-order valence-corrected chi connectivity index (χ0v) is 7.98. The lowest BCUT2D eigenvalue weighted by atomic mass is 10.1. The summed E-state index contributed by atoms with van der Waals surface area (Å²) >= 11 is 0. The largest absolute Gasteiger partial charge is 0.303 e. The maximum atomic E-state index is 4.61. The van der Waals surface area contributed by atoms with E-state index < -0.39 is 0 Å². The Morgan fingerprint density at radius 2 is 2.08 bits per heavy atom. The van der Waals surface area contributed by atoms with E-state index in [-0.39, 0.29) is 0 Å². The molecule has 0 unspecified atom stereocenters. The zero-order chi connectivity index (χ0) is 9.10. The van der Waals surface area contributed by atoms with E-state index in [1.165, 1.54) is 5.56 Å². The van der Waals surface area contributed by atoms with E-state index in [2.05, 4.69) is 47.6 Å². The van der Waals surface area contributed by atoms with Crippen LogP contribution < -0.4 is 5.32 Å². The van der Waals surface area contributed by atoms with Gasteiger partial charge in [0.1, 0.15) is 0 Å². The average Bonchev–Trinajstić information content (AvgIpc) is 2.19. The van der Waals surface area contributed by atoms with E-state index in [1.54, 1.807) is 0 Å². The lowest BCUT2D eigenvalue weighted by Gasteiger charge is -2.29. The van der Waals surface area contributed by atoms with Crippen molar-refractivity contribution in [2.75, 3.05) is 26.7 Å². The van der Waals surface area contributed by atoms with Crippen LogP contribution in [0.5, 0.6) is 0 Å². The number of benzene rings is 1. The van der Waals surface area contributed by atoms with Crippen LogP contribution in [-0.4, -0.2) is 31.6 Å². The molecule has 2 heteroatoms. The highest BCUT2D eigenvalue weighted by molar-refractivity contribution is 5.19. The molecule has 69 valence electrons. The lowest BCUT2D eigenvalue weighted by Crippen LogP contribution is -2.39. The molecule has 13 heavy (non-hydrogen) atoms. The number of hydrogen-bond donors (Lipinski definition) is 0. The first kappa shape index (κ1) is 8.73. The second kappa shape index (κ2) is 3.90. The highest BCUT2D eigenvalue weighted by Crippen LogP contribution is 2.16. The van der Waals surface area contributed by atoms with Crippen LogP contribution in [0.4, 0.5) is 0 Å². The molecule has 0 bridgehead atoms. The third-order valence-corrected chi connectivity index (χ3v) is 2.50. The Balaban J connectivity index is 2.08. The summed E-state index contributed by atoms with van der Waals surface area (Å²) in [7, 11) is 2.16. The van der Waals surface area contributed by atoms with Crippen molar-refractivity contribution in [2.45, 2.75) is 6.04 Å². The number of nitrogens with zero attached hydrogens (tertiary/aromatic N) is 2. The van der Waals surface area contributed by atoms with E-state index in [1.807, 2.05) is 0 Å². The molecule has 1 aromatic carbocycles. The fraction of sp³-hybridized carbons (Fsp3) is 0.455. The Morgan fingerprint density at radius 3 is 2.77 bits per heavy atom. The Kier molecular flexibility index (Phi) is 2.62. The van der Waals surface area contributed by atoms with Gasteiger partial charge in [0.05, 0.1) is 6.04 Å². The average molecular weight is 175 g/mol. The van der Waals surface area contributed by atoms with Gasteiger partial charge in [0, 0.05) is 19.6 Å². The molecule has 0 spiro atoms. The van der Waals surface area contributed by atoms with Crippen molar-refractivity contribution in [2.24, 2.45) is 0 Å². The first-order valence-corrected chi connectivity index (χ1v) is 4.76. The molecule has 1 aromatic rings. The normalized spacial score (nSPS) is 24.5. The summed E-state index contributed by atoms with van der Waals surface area (Å²) in [6.45, 7) is 3.13. The highest BCUT2D eigenvalue weighted by atomic mass is 15.2. The van der Waals surface area contributed by atoms with Crippen LogP contribution in [0.1, 0.15) is 11.6 Å². The molecular formula is C11H15N2. The minimum absolute atomic E-state index is 0.389. The second-order valence-electron chi connectivity index (χ2n) is 3.59. The fourth-order valence-electron chi connectivity index (χ4n) is 1.71. The SMILES string of the molecule is CN1CC[N][C@@H](c2ccccc2)C1. The third-order valence-electron chi connectivity index (χ3n) is 2.50. The van der Waals surface area contributed by atoms with Gasteiger partial charge in [0.15, 0.2) is 0 Å². The van der Waals surface area contributed by atoms with Crippen molar-refractivity contribution >= 4 is 0 Å². The Bertz CT molecular complexity index is 258. The highest BCUT2D eigenvalue weighted by Gasteiger charge is 2.18. The van der Waals surface area contributed by atoms with Crippen molar-refractivity contribution in [3.63, 3.8) is 0 Å². The molecule has 2 rings (SSSR count). The summed E-state index contributed by atoms with van der Waals surface area (Å²) < 4.78 is 0. The number of likely N-dealkylation sites (N-methyl/N-ethyl adjacent to an activating group) is 1. The molecule has 0 amide bonds. The maximum absolute atomic E-state index is 4.61. The molecule has 0 aliphatic carbocycles. The number of hydrogen-bond acceptors (Lipinski definition) is 1. The van der Waals surface area contributed by atoms with Crippen LogP contribution in [0, 0.1) is 0 Å². The van der Waals surface area contributed by atoms with Crippen molar-refractivity contribution < 1.29 is 0 Å². The maximum Gasteiger partial charge on any atom is 0.0623 e. The molecule has 1 atom stereocenters. The van der Waals surface area contributed by atoms with Crippen molar-refractivity contribution in [3.8, 4) is 0 Å².